The molecule has 0 bridgehead atoms. The van der Waals surface area contributed by atoms with Gasteiger partial charge in [-0.1, -0.05) is 23.3 Å². The Kier molecular flexibility index (Phi) is 2.77. The van der Waals surface area contributed by atoms with Gasteiger partial charge >= 0.3 is 0 Å². The van der Waals surface area contributed by atoms with E-state index in [1.807, 2.05) is 38.1 Å². The first kappa shape index (κ1) is 11.5. The number of fused-ring (bicyclic) bond motifs is 1. The number of hydrogen-bond acceptors (Lipinski definition) is 2. The van der Waals surface area contributed by atoms with Crippen LogP contribution in [0.5, 0.6) is 0 Å². The summed E-state index contributed by atoms with van der Waals surface area (Å²) in [6.45, 7) is 4.57. The number of hydrogen-bond donors (Lipinski definition) is 0. The van der Waals surface area contributed by atoms with Crippen LogP contribution in [-0.2, 0) is 10.2 Å². The summed E-state index contributed by atoms with van der Waals surface area (Å²) in [4.78, 5) is 16.7. The molecule has 0 fully saturated rings. The molecule has 5 nitrogen and oxygen atoms in total. The molecule has 5 heteroatoms. The zero-order valence-electron chi connectivity index (χ0n) is 9.92. The zero-order valence-corrected chi connectivity index (χ0v) is 9.92. The van der Waals surface area contributed by atoms with Crippen molar-refractivity contribution in [2.24, 2.45) is 5.11 Å². The van der Waals surface area contributed by atoms with Gasteiger partial charge in [0.25, 0.3) is 0 Å². The molecule has 1 amide bonds. The van der Waals surface area contributed by atoms with Crippen LogP contribution in [0.3, 0.4) is 0 Å². The van der Waals surface area contributed by atoms with Gasteiger partial charge in [0, 0.05) is 23.7 Å². The SMILES string of the molecule is CC1(C)C(=O)N(CCN=[N+]=[N-])c2ccccc21. The van der Waals surface area contributed by atoms with Crippen molar-refractivity contribution in [1.82, 2.24) is 0 Å². The molecule has 0 saturated carbocycles. The van der Waals surface area contributed by atoms with E-state index in [2.05, 4.69) is 10.0 Å². The molecule has 0 spiro atoms. The summed E-state index contributed by atoms with van der Waals surface area (Å²) in [5, 5.41) is 3.48. The number of azide groups is 1. The molecule has 0 N–H and O–H groups in total. The van der Waals surface area contributed by atoms with Gasteiger partial charge in [-0.25, -0.2) is 0 Å². The summed E-state index contributed by atoms with van der Waals surface area (Å²) in [5.41, 5.74) is 9.73. The number of para-hydroxylation sites is 1. The Hall–Kier alpha value is -2.00. The fourth-order valence-corrected chi connectivity index (χ4v) is 2.21. The number of anilines is 1. The average Bonchev–Trinajstić information content (AvgIpc) is 2.51. The molecule has 1 aliphatic rings. The van der Waals surface area contributed by atoms with Crippen LogP contribution in [0, 0.1) is 0 Å². The quantitative estimate of drug-likeness (QED) is 0.447. The van der Waals surface area contributed by atoms with Crippen molar-refractivity contribution in [3.05, 3.63) is 40.3 Å². The topological polar surface area (TPSA) is 69.1 Å². The third-order valence-electron chi connectivity index (χ3n) is 3.13. The van der Waals surface area contributed by atoms with E-state index in [0.29, 0.717) is 13.1 Å². The summed E-state index contributed by atoms with van der Waals surface area (Å²) < 4.78 is 0. The Bertz CT molecular complexity index is 503. The van der Waals surface area contributed by atoms with Crippen LogP contribution in [0.15, 0.2) is 29.4 Å². The van der Waals surface area contributed by atoms with Crippen LogP contribution in [0.4, 0.5) is 5.69 Å². The number of carbonyl (C=O) groups is 1. The predicted octanol–water partition coefficient (Wildman–Crippen LogP) is 2.62. The van der Waals surface area contributed by atoms with Crippen LogP contribution in [0.25, 0.3) is 10.4 Å². The minimum Gasteiger partial charge on any atom is -0.311 e. The summed E-state index contributed by atoms with van der Waals surface area (Å²) in [5.74, 6) is 0.0619. The molecule has 1 aromatic rings. The Morgan fingerprint density at radius 1 is 1.41 bits per heavy atom. The van der Waals surface area contributed by atoms with Crippen molar-refractivity contribution in [2.75, 3.05) is 18.0 Å². The lowest BCUT2D eigenvalue weighted by atomic mass is 9.86. The van der Waals surface area contributed by atoms with Gasteiger partial charge in [-0.3, -0.25) is 4.79 Å². The molecule has 0 unspecified atom stereocenters. The Morgan fingerprint density at radius 2 is 2.12 bits per heavy atom. The maximum absolute atomic E-state index is 12.3. The lowest BCUT2D eigenvalue weighted by Gasteiger charge is -2.19. The monoisotopic (exact) mass is 230 g/mol. The van der Waals surface area contributed by atoms with Crippen LogP contribution in [-0.4, -0.2) is 19.0 Å². The molecule has 0 radical (unpaired) electrons. The van der Waals surface area contributed by atoms with E-state index >= 15 is 0 Å². The molecular weight excluding hydrogens is 216 g/mol. The van der Waals surface area contributed by atoms with E-state index in [9.17, 15) is 4.79 Å². The minimum absolute atomic E-state index is 0.0619. The summed E-state index contributed by atoms with van der Waals surface area (Å²) in [6, 6.07) is 7.75. The maximum Gasteiger partial charge on any atom is 0.237 e. The summed E-state index contributed by atoms with van der Waals surface area (Å²) >= 11 is 0. The van der Waals surface area contributed by atoms with Gasteiger partial charge in [-0.2, -0.15) is 0 Å². The van der Waals surface area contributed by atoms with Crippen LogP contribution >= 0.6 is 0 Å². The van der Waals surface area contributed by atoms with Gasteiger partial charge < -0.3 is 4.90 Å². The van der Waals surface area contributed by atoms with Crippen molar-refractivity contribution in [1.29, 1.82) is 0 Å². The standard InChI is InChI=1S/C12H14N4O/c1-12(2)9-5-3-4-6-10(9)16(11(12)17)8-7-14-15-13/h3-6H,7-8H2,1-2H3. The van der Waals surface area contributed by atoms with E-state index in [1.54, 1.807) is 4.90 Å². The Morgan fingerprint density at radius 3 is 2.82 bits per heavy atom. The number of nitrogens with zero attached hydrogens (tertiary/aromatic N) is 4. The van der Waals surface area contributed by atoms with Crippen LogP contribution in [0.1, 0.15) is 19.4 Å². The van der Waals surface area contributed by atoms with Crippen molar-refractivity contribution in [3.63, 3.8) is 0 Å². The van der Waals surface area contributed by atoms with Crippen molar-refractivity contribution < 1.29 is 4.79 Å². The van der Waals surface area contributed by atoms with Gasteiger partial charge in [-0.05, 0) is 31.0 Å². The number of amides is 1. The first-order valence-electron chi connectivity index (χ1n) is 5.51. The van der Waals surface area contributed by atoms with E-state index in [-0.39, 0.29) is 5.91 Å². The number of rotatable bonds is 3. The van der Waals surface area contributed by atoms with Crippen molar-refractivity contribution in [2.45, 2.75) is 19.3 Å². The van der Waals surface area contributed by atoms with Gasteiger partial charge in [0.2, 0.25) is 5.91 Å². The van der Waals surface area contributed by atoms with E-state index in [1.165, 1.54) is 0 Å². The Balaban J connectivity index is 2.36. The zero-order chi connectivity index (χ0) is 12.5. The molecule has 88 valence electrons. The van der Waals surface area contributed by atoms with Crippen molar-refractivity contribution in [3.8, 4) is 0 Å². The van der Waals surface area contributed by atoms with E-state index in [4.69, 9.17) is 5.53 Å². The summed E-state index contributed by atoms with van der Waals surface area (Å²) in [7, 11) is 0. The van der Waals surface area contributed by atoms with Crippen LogP contribution in [0.2, 0.25) is 0 Å². The van der Waals surface area contributed by atoms with E-state index < -0.39 is 5.41 Å². The molecule has 2 rings (SSSR count). The molecule has 1 aliphatic heterocycles. The largest absolute Gasteiger partial charge is 0.311 e. The highest BCUT2D eigenvalue weighted by molar-refractivity contribution is 6.07. The van der Waals surface area contributed by atoms with Crippen LogP contribution < -0.4 is 4.90 Å². The van der Waals surface area contributed by atoms with Gasteiger partial charge in [0.1, 0.15) is 0 Å². The average molecular weight is 230 g/mol. The molecule has 1 heterocycles. The second-order valence-corrected chi connectivity index (χ2v) is 4.55. The minimum atomic E-state index is -0.493. The van der Waals surface area contributed by atoms with E-state index in [0.717, 1.165) is 11.3 Å². The molecule has 0 saturated heterocycles. The fraction of sp³-hybridized carbons (Fsp3) is 0.417. The third kappa shape index (κ3) is 1.74. The highest BCUT2D eigenvalue weighted by atomic mass is 16.2. The molecular formula is C12H14N4O. The second-order valence-electron chi connectivity index (χ2n) is 4.55. The van der Waals surface area contributed by atoms with Gasteiger partial charge in [-0.15, -0.1) is 0 Å². The third-order valence-corrected chi connectivity index (χ3v) is 3.13. The highest BCUT2D eigenvalue weighted by Gasteiger charge is 2.42. The predicted molar refractivity (Wildman–Crippen MR) is 65.8 cm³/mol. The lowest BCUT2D eigenvalue weighted by Crippen LogP contribution is -2.37. The van der Waals surface area contributed by atoms with Gasteiger partial charge in [0.15, 0.2) is 0 Å². The molecule has 0 atom stereocenters. The molecule has 0 aliphatic carbocycles. The molecule has 1 aromatic carbocycles. The molecule has 0 aromatic heterocycles. The lowest BCUT2D eigenvalue weighted by molar-refractivity contribution is -0.122. The van der Waals surface area contributed by atoms with Gasteiger partial charge in [0.05, 0.1) is 5.41 Å². The van der Waals surface area contributed by atoms with Crippen molar-refractivity contribution >= 4 is 11.6 Å². The summed E-state index contributed by atoms with van der Waals surface area (Å²) in [6.07, 6.45) is 0. The number of benzene rings is 1. The first-order valence-corrected chi connectivity index (χ1v) is 5.51. The second kappa shape index (κ2) is 4.11. The normalized spacial score (nSPS) is 16.6. The number of carbonyl (C=O) groups excluding carboxylic acids is 1. The Labute approximate surface area is 99.7 Å². The fourth-order valence-electron chi connectivity index (χ4n) is 2.21. The smallest absolute Gasteiger partial charge is 0.237 e. The highest BCUT2D eigenvalue weighted by Crippen LogP contribution is 2.40. The first-order chi connectivity index (χ1) is 8.09. The maximum atomic E-state index is 12.3. The molecule has 17 heavy (non-hydrogen) atoms.